The number of carbonyl (C=O) groups is 2. The fraction of sp³-hybridized carbons (Fsp3) is 0.818. The minimum absolute atomic E-state index is 0.0200. The highest BCUT2D eigenvalue weighted by molar-refractivity contribution is 8.13. The van der Waals surface area contributed by atoms with Crippen LogP contribution in [0.5, 0.6) is 0 Å². The molecule has 0 N–H and O–H groups in total. The molecule has 0 bridgehead atoms. The van der Waals surface area contributed by atoms with Gasteiger partial charge < -0.3 is 4.74 Å². The second kappa shape index (κ2) is 5.01. The molecule has 0 aliphatic carbocycles. The highest BCUT2D eigenvalue weighted by Crippen LogP contribution is 2.26. The summed E-state index contributed by atoms with van der Waals surface area (Å²) in [7, 11) is 0. The molecule has 3 nitrogen and oxygen atoms in total. The molecule has 0 saturated carbocycles. The maximum Gasteiger partial charge on any atom is 0.312 e. The van der Waals surface area contributed by atoms with Gasteiger partial charge in [0.05, 0.1) is 5.41 Å². The van der Waals surface area contributed by atoms with Gasteiger partial charge in [0.1, 0.15) is 5.60 Å². The van der Waals surface area contributed by atoms with Gasteiger partial charge in [0.15, 0.2) is 5.12 Å². The van der Waals surface area contributed by atoms with E-state index in [-0.39, 0.29) is 11.1 Å². The zero-order valence-corrected chi connectivity index (χ0v) is 11.2. The Kier molecular flexibility index (Phi) is 4.84. The van der Waals surface area contributed by atoms with E-state index >= 15 is 0 Å². The Bertz CT molecular complexity index is 251. The lowest BCUT2D eigenvalue weighted by atomic mass is 9.96. The van der Waals surface area contributed by atoms with Crippen LogP contribution in [0.25, 0.3) is 0 Å². The predicted molar refractivity (Wildman–Crippen MR) is 62.8 cm³/mol. The van der Waals surface area contributed by atoms with Crippen molar-refractivity contribution in [2.45, 2.75) is 47.1 Å². The standard InChI is InChI=1S/C11H20O3S/c1-8(12)15-7-11(5,6)9(13)14-10(2,3)4/h7H2,1-6H3. The van der Waals surface area contributed by atoms with Gasteiger partial charge in [-0.15, -0.1) is 0 Å². The molecule has 0 spiro atoms. The summed E-state index contributed by atoms with van der Waals surface area (Å²) in [5, 5.41) is 0.0200. The molecule has 0 aromatic rings. The van der Waals surface area contributed by atoms with E-state index in [1.54, 1.807) is 13.8 Å². The first-order valence-corrected chi connectivity index (χ1v) is 5.90. The summed E-state index contributed by atoms with van der Waals surface area (Å²) in [5.74, 6) is 0.195. The summed E-state index contributed by atoms with van der Waals surface area (Å²) in [6.07, 6.45) is 0. The van der Waals surface area contributed by atoms with E-state index in [9.17, 15) is 9.59 Å². The lowest BCUT2D eigenvalue weighted by molar-refractivity contribution is -0.164. The van der Waals surface area contributed by atoms with E-state index in [1.165, 1.54) is 6.92 Å². The zero-order chi connectivity index (χ0) is 12.3. The van der Waals surface area contributed by atoms with Crippen LogP contribution in [0.4, 0.5) is 0 Å². The first kappa shape index (κ1) is 14.5. The predicted octanol–water partition coefficient (Wildman–Crippen LogP) is 2.63. The van der Waals surface area contributed by atoms with Gasteiger partial charge in [0, 0.05) is 12.7 Å². The molecule has 88 valence electrons. The van der Waals surface area contributed by atoms with Crippen LogP contribution in [0.2, 0.25) is 0 Å². The van der Waals surface area contributed by atoms with Gasteiger partial charge in [-0.2, -0.15) is 0 Å². The molecule has 0 saturated heterocycles. The molecule has 0 unspecified atom stereocenters. The third-order valence-corrected chi connectivity index (χ3v) is 2.86. The van der Waals surface area contributed by atoms with Crippen molar-refractivity contribution < 1.29 is 14.3 Å². The molecular weight excluding hydrogens is 212 g/mol. The SMILES string of the molecule is CC(=O)SCC(C)(C)C(=O)OC(C)(C)C. The average Bonchev–Trinajstić information content (AvgIpc) is 1.97. The van der Waals surface area contributed by atoms with Crippen molar-refractivity contribution in [2.75, 3.05) is 5.75 Å². The highest BCUT2D eigenvalue weighted by Gasteiger charge is 2.32. The first-order chi connectivity index (χ1) is 6.54. The van der Waals surface area contributed by atoms with Gasteiger partial charge in [-0.1, -0.05) is 11.8 Å². The maximum absolute atomic E-state index is 11.7. The Labute approximate surface area is 95.9 Å². The van der Waals surface area contributed by atoms with Gasteiger partial charge in [-0.25, -0.2) is 0 Å². The molecule has 0 radical (unpaired) electrons. The van der Waals surface area contributed by atoms with E-state index in [4.69, 9.17) is 4.74 Å². The molecule has 0 atom stereocenters. The van der Waals surface area contributed by atoms with Crippen LogP contribution >= 0.6 is 11.8 Å². The van der Waals surface area contributed by atoms with E-state index in [2.05, 4.69) is 0 Å². The summed E-state index contributed by atoms with van der Waals surface area (Å²) in [6, 6.07) is 0. The van der Waals surface area contributed by atoms with Gasteiger partial charge in [0.2, 0.25) is 0 Å². The Morgan fingerprint density at radius 3 is 1.93 bits per heavy atom. The van der Waals surface area contributed by atoms with Crippen LogP contribution in [-0.2, 0) is 14.3 Å². The molecule has 0 rings (SSSR count). The highest BCUT2D eigenvalue weighted by atomic mass is 32.2. The van der Waals surface area contributed by atoms with Crippen LogP contribution in [0.1, 0.15) is 41.5 Å². The van der Waals surface area contributed by atoms with Gasteiger partial charge in [-0.3, -0.25) is 9.59 Å². The number of rotatable bonds is 3. The molecule has 4 heteroatoms. The summed E-state index contributed by atoms with van der Waals surface area (Å²) < 4.78 is 5.27. The molecule has 0 aliphatic rings. The Balaban J connectivity index is 4.32. The van der Waals surface area contributed by atoms with Crippen LogP contribution in [0, 0.1) is 5.41 Å². The summed E-state index contributed by atoms with van der Waals surface area (Å²) in [5.41, 5.74) is -1.10. The number of ether oxygens (including phenoxy) is 1. The minimum Gasteiger partial charge on any atom is -0.460 e. The Hall–Kier alpha value is -0.510. The number of hydrogen-bond donors (Lipinski definition) is 0. The van der Waals surface area contributed by atoms with Crippen molar-refractivity contribution in [2.24, 2.45) is 5.41 Å². The van der Waals surface area contributed by atoms with E-state index in [1.807, 2.05) is 20.8 Å². The van der Waals surface area contributed by atoms with Crippen molar-refractivity contribution in [1.29, 1.82) is 0 Å². The van der Waals surface area contributed by atoms with Crippen LogP contribution < -0.4 is 0 Å². The maximum atomic E-state index is 11.7. The Morgan fingerprint density at radius 2 is 1.60 bits per heavy atom. The Morgan fingerprint density at radius 1 is 1.13 bits per heavy atom. The van der Waals surface area contributed by atoms with Crippen molar-refractivity contribution in [1.82, 2.24) is 0 Å². The first-order valence-electron chi connectivity index (χ1n) is 4.91. The van der Waals surface area contributed by atoms with Gasteiger partial charge in [0.25, 0.3) is 0 Å². The third kappa shape index (κ3) is 6.55. The molecular formula is C11H20O3S. The van der Waals surface area contributed by atoms with Crippen molar-refractivity contribution in [3.8, 4) is 0 Å². The lowest BCUT2D eigenvalue weighted by Gasteiger charge is -2.27. The second-order valence-corrected chi connectivity index (χ2v) is 6.32. The summed E-state index contributed by atoms with van der Waals surface area (Å²) in [4.78, 5) is 22.6. The second-order valence-electron chi connectivity index (χ2n) is 5.17. The molecule has 0 aromatic heterocycles. The molecule has 0 aromatic carbocycles. The van der Waals surface area contributed by atoms with Crippen LogP contribution in [0.15, 0.2) is 0 Å². The number of thioether (sulfide) groups is 1. The molecule has 0 fully saturated rings. The number of esters is 1. The monoisotopic (exact) mass is 232 g/mol. The molecule has 0 aliphatic heterocycles. The van der Waals surface area contributed by atoms with Gasteiger partial charge in [-0.05, 0) is 34.6 Å². The van der Waals surface area contributed by atoms with Crippen LogP contribution in [-0.4, -0.2) is 22.4 Å². The fourth-order valence-electron chi connectivity index (χ4n) is 0.757. The summed E-state index contributed by atoms with van der Waals surface area (Å²) >= 11 is 1.15. The number of hydrogen-bond acceptors (Lipinski definition) is 4. The largest absolute Gasteiger partial charge is 0.460 e. The number of carbonyl (C=O) groups excluding carboxylic acids is 2. The fourth-order valence-corrected chi connectivity index (χ4v) is 1.44. The van der Waals surface area contributed by atoms with E-state index < -0.39 is 11.0 Å². The van der Waals surface area contributed by atoms with Crippen LogP contribution in [0.3, 0.4) is 0 Å². The topological polar surface area (TPSA) is 43.4 Å². The van der Waals surface area contributed by atoms with Crippen molar-refractivity contribution in [3.05, 3.63) is 0 Å². The van der Waals surface area contributed by atoms with Crippen molar-refractivity contribution in [3.63, 3.8) is 0 Å². The molecule has 0 heterocycles. The third-order valence-electron chi connectivity index (χ3n) is 1.59. The lowest BCUT2D eigenvalue weighted by Crippen LogP contribution is -2.35. The smallest absolute Gasteiger partial charge is 0.312 e. The average molecular weight is 232 g/mol. The van der Waals surface area contributed by atoms with Gasteiger partial charge >= 0.3 is 5.97 Å². The van der Waals surface area contributed by atoms with Crippen molar-refractivity contribution >= 4 is 22.8 Å². The molecule has 15 heavy (non-hydrogen) atoms. The van der Waals surface area contributed by atoms with E-state index in [0.29, 0.717) is 5.75 Å². The normalized spacial score (nSPS) is 12.4. The zero-order valence-electron chi connectivity index (χ0n) is 10.3. The molecule has 0 amide bonds. The summed E-state index contributed by atoms with van der Waals surface area (Å²) in [6.45, 7) is 10.6. The van der Waals surface area contributed by atoms with E-state index in [0.717, 1.165) is 11.8 Å². The minimum atomic E-state index is -0.621. The quantitative estimate of drug-likeness (QED) is 0.702.